The van der Waals surface area contributed by atoms with E-state index in [1.54, 1.807) is 12.4 Å². The third-order valence-electron chi connectivity index (χ3n) is 3.05. The second kappa shape index (κ2) is 6.81. The quantitative estimate of drug-likeness (QED) is 0.550. The lowest BCUT2D eigenvalue weighted by Crippen LogP contribution is -2.16. The maximum atomic E-state index is 5.50. The van der Waals surface area contributed by atoms with Gasteiger partial charge in [0.25, 0.3) is 0 Å². The molecule has 0 aliphatic carbocycles. The van der Waals surface area contributed by atoms with Crippen LogP contribution in [0.2, 0.25) is 0 Å². The van der Waals surface area contributed by atoms with Crippen molar-refractivity contribution in [3.8, 4) is 0 Å². The average Bonchev–Trinajstić information content (AvgIpc) is 2.47. The molecule has 0 radical (unpaired) electrons. The zero-order chi connectivity index (χ0) is 14.4. The van der Waals surface area contributed by atoms with Crippen LogP contribution in [0.4, 0.5) is 11.6 Å². The third kappa shape index (κ3) is 3.42. The number of anilines is 2. The number of hydrazine groups is 1. The standard InChI is InChI=1S/C14H20N6/c1-10(2)12-13(18-9-19-14(12)20-15)17-8-5-11-3-6-16-7-4-11/h3-4,6-7,9-10H,5,8,15H2,1-2H3,(H2,17,18,19,20). The summed E-state index contributed by atoms with van der Waals surface area (Å²) in [6.45, 7) is 4.98. The molecular weight excluding hydrogens is 252 g/mol. The monoisotopic (exact) mass is 272 g/mol. The fourth-order valence-corrected chi connectivity index (χ4v) is 2.07. The Morgan fingerprint density at radius 3 is 2.50 bits per heavy atom. The molecule has 0 bridgehead atoms. The van der Waals surface area contributed by atoms with Crippen LogP contribution in [-0.4, -0.2) is 21.5 Å². The molecule has 6 nitrogen and oxygen atoms in total. The highest BCUT2D eigenvalue weighted by atomic mass is 15.3. The minimum absolute atomic E-state index is 0.283. The number of nitrogen functional groups attached to an aromatic ring is 1. The van der Waals surface area contributed by atoms with Gasteiger partial charge in [0.1, 0.15) is 18.0 Å². The van der Waals surface area contributed by atoms with Crippen LogP contribution >= 0.6 is 0 Å². The summed E-state index contributed by atoms with van der Waals surface area (Å²) in [7, 11) is 0. The van der Waals surface area contributed by atoms with Crippen LogP contribution in [0.5, 0.6) is 0 Å². The van der Waals surface area contributed by atoms with E-state index in [9.17, 15) is 0 Å². The summed E-state index contributed by atoms with van der Waals surface area (Å²) >= 11 is 0. The number of rotatable bonds is 6. The average molecular weight is 272 g/mol. The lowest BCUT2D eigenvalue weighted by molar-refractivity contribution is 0.843. The minimum atomic E-state index is 0.283. The normalized spacial score (nSPS) is 10.6. The van der Waals surface area contributed by atoms with Gasteiger partial charge in [-0.05, 0) is 30.0 Å². The van der Waals surface area contributed by atoms with Crippen molar-refractivity contribution in [1.82, 2.24) is 15.0 Å². The van der Waals surface area contributed by atoms with Gasteiger partial charge in [0.15, 0.2) is 0 Å². The molecule has 0 fully saturated rings. The number of nitrogens with zero attached hydrogens (tertiary/aromatic N) is 3. The van der Waals surface area contributed by atoms with Crippen LogP contribution in [0, 0.1) is 0 Å². The second-order valence-electron chi connectivity index (χ2n) is 4.82. The van der Waals surface area contributed by atoms with Crippen LogP contribution in [0.3, 0.4) is 0 Å². The maximum absolute atomic E-state index is 5.50. The van der Waals surface area contributed by atoms with Gasteiger partial charge in [-0.3, -0.25) is 4.98 Å². The van der Waals surface area contributed by atoms with E-state index in [0.29, 0.717) is 5.82 Å². The predicted molar refractivity (Wildman–Crippen MR) is 80.4 cm³/mol. The van der Waals surface area contributed by atoms with Crippen molar-refractivity contribution in [2.24, 2.45) is 5.84 Å². The molecule has 20 heavy (non-hydrogen) atoms. The van der Waals surface area contributed by atoms with E-state index in [2.05, 4.69) is 39.5 Å². The maximum Gasteiger partial charge on any atom is 0.148 e. The number of nitrogens with one attached hydrogen (secondary N) is 2. The van der Waals surface area contributed by atoms with Gasteiger partial charge in [0, 0.05) is 24.5 Å². The highest BCUT2D eigenvalue weighted by Gasteiger charge is 2.13. The Kier molecular flexibility index (Phi) is 4.84. The molecule has 0 saturated heterocycles. The van der Waals surface area contributed by atoms with Gasteiger partial charge in [0.2, 0.25) is 0 Å². The van der Waals surface area contributed by atoms with E-state index >= 15 is 0 Å². The molecule has 4 N–H and O–H groups in total. The minimum Gasteiger partial charge on any atom is -0.369 e. The van der Waals surface area contributed by atoms with Crippen molar-refractivity contribution < 1.29 is 0 Å². The molecule has 106 valence electrons. The Labute approximate surface area is 118 Å². The Morgan fingerprint density at radius 1 is 1.15 bits per heavy atom. The van der Waals surface area contributed by atoms with E-state index in [0.717, 1.165) is 24.3 Å². The van der Waals surface area contributed by atoms with E-state index in [-0.39, 0.29) is 5.92 Å². The molecule has 2 heterocycles. The number of hydrogen-bond donors (Lipinski definition) is 3. The SMILES string of the molecule is CC(C)c1c(NN)ncnc1NCCc1ccncc1. The summed E-state index contributed by atoms with van der Waals surface area (Å²) in [5.74, 6) is 7.28. The number of nitrogens with two attached hydrogens (primary N) is 1. The number of hydrogen-bond acceptors (Lipinski definition) is 6. The highest BCUT2D eigenvalue weighted by Crippen LogP contribution is 2.27. The first-order chi connectivity index (χ1) is 9.72. The Hall–Kier alpha value is -2.21. The molecular formula is C14H20N6. The van der Waals surface area contributed by atoms with Crippen molar-refractivity contribution in [3.05, 3.63) is 42.0 Å². The molecule has 2 rings (SSSR count). The van der Waals surface area contributed by atoms with Gasteiger partial charge in [-0.15, -0.1) is 0 Å². The van der Waals surface area contributed by atoms with Gasteiger partial charge in [-0.25, -0.2) is 15.8 Å². The lowest BCUT2D eigenvalue weighted by Gasteiger charge is -2.16. The van der Waals surface area contributed by atoms with E-state index in [4.69, 9.17) is 5.84 Å². The Balaban J connectivity index is 2.06. The fourth-order valence-electron chi connectivity index (χ4n) is 2.07. The summed E-state index contributed by atoms with van der Waals surface area (Å²) in [6, 6.07) is 4.02. The van der Waals surface area contributed by atoms with Crippen molar-refractivity contribution in [2.75, 3.05) is 17.3 Å². The summed E-state index contributed by atoms with van der Waals surface area (Å²) in [5, 5.41) is 3.35. The topological polar surface area (TPSA) is 88.8 Å². The second-order valence-corrected chi connectivity index (χ2v) is 4.82. The van der Waals surface area contributed by atoms with Crippen LogP contribution in [0.25, 0.3) is 0 Å². The molecule has 0 atom stereocenters. The van der Waals surface area contributed by atoms with Crippen LogP contribution < -0.4 is 16.6 Å². The number of pyridine rings is 1. The van der Waals surface area contributed by atoms with Gasteiger partial charge < -0.3 is 10.7 Å². The largest absolute Gasteiger partial charge is 0.369 e. The van der Waals surface area contributed by atoms with Crippen molar-refractivity contribution in [3.63, 3.8) is 0 Å². The van der Waals surface area contributed by atoms with Crippen molar-refractivity contribution in [2.45, 2.75) is 26.2 Å². The molecule has 0 spiro atoms. The summed E-state index contributed by atoms with van der Waals surface area (Å²) in [6.07, 6.45) is 6.03. The first-order valence-corrected chi connectivity index (χ1v) is 6.66. The smallest absolute Gasteiger partial charge is 0.148 e. The first kappa shape index (κ1) is 14.2. The van der Waals surface area contributed by atoms with Gasteiger partial charge in [0.05, 0.1) is 0 Å². The zero-order valence-corrected chi connectivity index (χ0v) is 11.8. The Bertz CT molecular complexity index is 541. The zero-order valence-electron chi connectivity index (χ0n) is 11.8. The van der Waals surface area contributed by atoms with Crippen molar-refractivity contribution in [1.29, 1.82) is 0 Å². The number of aromatic nitrogens is 3. The fraction of sp³-hybridized carbons (Fsp3) is 0.357. The summed E-state index contributed by atoms with van der Waals surface area (Å²) < 4.78 is 0. The molecule has 6 heteroatoms. The molecule has 0 aliphatic rings. The molecule has 0 unspecified atom stereocenters. The van der Waals surface area contributed by atoms with E-state index < -0.39 is 0 Å². The molecule has 0 amide bonds. The van der Waals surface area contributed by atoms with E-state index in [1.165, 1.54) is 11.9 Å². The predicted octanol–water partition coefficient (Wildman–Crippen LogP) is 1.94. The van der Waals surface area contributed by atoms with Gasteiger partial charge >= 0.3 is 0 Å². The molecule has 2 aromatic rings. The third-order valence-corrected chi connectivity index (χ3v) is 3.05. The van der Waals surface area contributed by atoms with Crippen LogP contribution in [-0.2, 0) is 6.42 Å². The molecule has 2 aromatic heterocycles. The van der Waals surface area contributed by atoms with Crippen LogP contribution in [0.15, 0.2) is 30.9 Å². The molecule has 0 aliphatic heterocycles. The molecule has 0 saturated carbocycles. The summed E-state index contributed by atoms with van der Waals surface area (Å²) in [5.41, 5.74) is 4.87. The van der Waals surface area contributed by atoms with Crippen molar-refractivity contribution >= 4 is 11.6 Å². The van der Waals surface area contributed by atoms with Gasteiger partial charge in [-0.1, -0.05) is 13.8 Å². The molecule has 0 aromatic carbocycles. The lowest BCUT2D eigenvalue weighted by atomic mass is 10.0. The summed E-state index contributed by atoms with van der Waals surface area (Å²) in [4.78, 5) is 12.5. The highest BCUT2D eigenvalue weighted by molar-refractivity contribution is 5.58. The van der Waals surface area contributed by atoms with Crippen LogP contribution in [0.1, 0.15) is 30.9 Å². The van der Waals surface area contributed by atoms with Gasteiger partial charge in [-0.2, -0.15) is 0 Å². The Morgan fingerprint density at radius 2 is 1.85 bits per heavy atom. The van der Waals surface area contributed by atoms with E-state index in [1.807, 2.05) is 12.1 Å². The first-order valence-electron chi connectivity index (χ1n) is 6.66.